The van der Waals surface area contributed by atoms with Crippen molar-refractivity contribution >= 4 is 22.8 Å². The van der Waals surface area contributed by atoms with Crippen molar-refractivity contribution in [3.8, 4) is 0 Å². The Kier molecular flexibility index (Phi) is 6.44. The first-order chi connectivity index (χ1) is 15.3. The van der Waals surface area contributed by atoms with Gasteiger partial charge in [-0.05, 0) is 35.4 Å². The van der Waals surface area contributed by atoms with Gasteiger partial charge in [-0.15, -0.1) is 0 Å². The van der Waals surface area contributed by atoms with Gasteiger partial charge in [0.1, 0.15) is 6.04 Å². The van der Waals surface area contributed by atoms with Gasteiger partial charge < -0.3 is 15.0 Å². The Labute approximate surface area is 183 Å². The van der Waals surface area contributed by atoms with Crippen LogP contribution in [0.15, 0.2) is 48.7 Å². The molecule has 2 aromatic carbocycles. The second-order valence-electron chi connectivity index (χ2n) is 7.48. The van der Waals surface area contributed by atoms with Gasteiger partial charge in [0.25, 0.3) is 0 Å². The van der Waals surface area contributed by atoms with E-state index in [1.54, 1.807) is 30.5 Å². The molecule has 1 atom stereocenters. The number of hydrogen-bond acceptors (Lipinski definition) is 2. The molecule has 0 unspecified atom stereocenters. The average molecular weight is 472 g/mol. The molecule has 3 aromatic rings. The first-order valence-electron chi connectivity index (χ1n) is 9.60. The summed E-state index contributed by atoms with van der Waals surface area (Å²) in [6, 6.07) is 6.36. The number of carbonyl (C=O) groups excluding carboxylic acids is 1. The molecule has 0 fully saturated rings. The van der Waals surface area contributed by atoms with E-state index >= 15 is 0 Å². The second kappa shape index (κ2) is 8.80. The fourth-order valence-corrected chi connectivity index (χ4v) is 3.59. The lowest BCUT2D eigenvalue weighted by Crippen LogP contribution is -2.45. The van der Waals surface area contributed by atoms with E-state index in [1.807, 2.05) is 0 Å². The minimum atomic E-state index is -5.06. The first-order valence-corrected chi connectivity index (χ1v) is 9.60. The highest BCUT2D eigenvalue weighted by Crippen LogP contribution is 2.36. The monoisotopic (exact) mass is 472 g/mol. The first kappa shape index (κ1) is 24.1. The second-order valence-corrected chi connectivity index (χ2v) is 7.48. The van der Waals surface area contributed by atoms with Crippen LogP contribution in [0.4, 0.5) is 26.3 Å². The molecule has 0 aliphatic rings. The SMILES string of the molecule is CC(=O)N(Cc1cc(C(F)(F)F)cc(C(F)(F)F)c1)[C@@H](Cc1c[nH]c2ccccc12)C(=O)O. The van der Waals surface area contributed by atoms with Crippen LogP contribution in [0.1, 0.15) is 29.2 Å². The van der Waals surface area contributed by atoms with Crippen molar-refractivity contribution in [1.82, 2.24) is 9.88 Å². The van der Waals surface area contributed by atoms with Crippen LogP contribution in [0.5, 0.6) is 0 Å². The minimum Gasteiger partial charge on any atom is -0.480 e. The van der Waals surface area contributed by atoms with Gasteiger partial charge in [0.2, 0.25) is 5.91 Å². The molecule has 0 bridgehead atoms. The Bertz CT molecular complexity index is 1150. The molecule has 0 radical (unpaired) electrons. The summed E-state index contributed by atoms with van der Waals surface area (Å²) < 4.78 is 79.0. The number of nitrogens with zero attached hydrogens (tertiary/aromatic N) is 1. The fraction of sp³-hybridized carbons (Fsp3) is 0.273. The number of hydrogen-bond donors (Lipinski definition) is 2. The van der Waals surface area contributed by atoms with Crippen molar-refractivity contribution < 1.29 is 41.0 Å². The van der Waals surface area contributed by atoms with Gasteiger partial charge in [0.15, 0.2) is 0 Å². The number of benzene rings is 2. The maximum absolute atomic E-state index is 13.2. The maximum Gasteiger partial charge on any atom is 0.416 e. The van der Waals surface area contributed by atoms with Crippen LogP contribution in [-0.4, -0.2) is 32.9 Å². The predicted octanol–water partition coefficient (Wildman–Crippen LogP) is 5.25. The van der Waals surface area contributed by atoms with E-state index in [1.165, 1.54) is 0 Å². The minimum absolute atomic E-state index is 0.0256. The maximum atomic E-state index is 13.2. The van der Waals surface area contributed by atoms with Crippen molar-refractivity contribution in [3.63, 3.8) is 0 Å². The Balaban J connectivity index is 2.00. The summed E-state index contributed by atoms with van der Waals surface area (Å²) in [5.41, 5.74) is -2.33. The zero-order valence-corrected chi connectivity index (χ0v) is 17.1. The lowest BCUT2D eigenvalue weighted by Gasteiger charge is -2.28. The number of carbonyl (C=O) groups is 2. The summed E-state index contributed by atoms with van der Waals surface area (Å²) in [4.78, 5) is 27.9. The molecule has 1 amide bonds. The van der Waals surface area contributed by atoms with Crippen molar-refractivity contribution in [3.05, 3.63) is 70.9 Å². The van der Waals surface area contributed by atoms with E-state index in [2.05, 4.69) is 4.98 Å². The molecule has 0 spiro atoms. The summed E-state index contributed by atoms with van der Waals surface area (Å²) in [6.45, 7) is 0.255. The van der Waals surface area contributed by atoms with Crippen LogP contribution in [0, 0.1) is 0 Å². The van der Waals surface area contributed by atoms with Crippen LogP contribution >= 0.6 is 0 Å². The molecule has 176 valence electrons. The molecule has 0 saturated heterocycles. The number of rotatable bonds is 6. The van der Waals surface area contributed by atoms with Crippen LogP contribution < -0.4 is 0 Å². The molecular weight excluding hydrogens is 454 g/mol. The van der Waals surface area contributed by atoms with Gasteiger partial charge in [-0.3, -0.25) is 4.79 Å². The molecule has 1 aromatic heterocycles. The third-order valence-corrected chi connectivity index (χ3v) is 5.15. The number of H-pyrrole nitrogens is 1. The summed E-state index contributed by atoms with van der Waals surface area (Å²) in [5.74, 6) is -2.26. The smallest absolute Gasteiger partial charge is 0.416 e. The number of nitrogens with one attached hydrogen (secondary N) is 1. The quantitative estimate of drug-likeness (QED) is 0.482. The van der Waals surface area contributed by atoms with Crippen LogP contribution in [0.25, 0.3) is 10.9 Å². The summed E-state index contributed by atoms with van der Waals surface area (Å²) in [5, 5.41) is 10.4. The highest BCUT2D eigenvalue weighted by Gasteiger charge is 2.37. The zero-order chi connectivity index (χ0) is 24.6. The number of carboxylic acids is 1. The number of halogens is 6. The number of carboxylic acid groups (broad SMARTS) is 1. The molecule has 33 heavy (non-hydrogen) atoms. The van der Waals surface area contributed by atoms with Crippen LogP contribution in [0.3, 0.4) is 0 Å². The molecule has 2 N–H and O–H groups in total. The summed E-state index contributed by atoms with van der Waals surface area (Å²) in [7, 11) is 0. The molecule has 11 heteroatoms. The fourth-order valence-electron chi connectivity index (χ4n) is 3.59. The standard InChI is InChI=1S/C22H18F6N2O3/c1-12(31)30(11-13-6-15(21(23,24)25)9-16(7-13)22(26,27)28)19(20(32)33)8-14-10-29-18-5-3-2-4-17(14)18/h2-7,9-10,19,29H,8,11H2,1H3,(H,32,33)/t19-/m0/s1. The van der Waals surface area contributed by atoms with Crippen molar-refractivity contribution in [1.29, 1.82) is 0 Å². The zero-order valence-electron chi connectivity index (χ0n) is 17.1. The summed E-state index contributed by atoms with van der Waals surface area (Å²) in [6.07, 6.45) is -8.78. The molecular formula is C22H18F6N2O3. The lowest BCUT2D eigenvalue weighted by atomic mass is 10.0. The van der Waals surface area contributed by atoms with Crippen molar-refractivity contribution in [2.45, 2.75) is 38.3 Å². The highest BCUT2D eigenvalue weighted by molar-refractivity contribution is 5.86. The number of alkyl halides is 6. The molecule has 0 aliphatic heterocycles. The molecule has 0 aliphatic carbocycles. The highest BCUT2D eigenvalue weighted by atomic mass is 19.4. The Morgan fingerprint density at radius 2 is 1.58 bits per heavy atom. The van der Waals surface area contributed by atoms with Gasteiger partial charge >= 0.3 is 18.3 Å². The molecule has 1 heterocycles. The number of para-hydroxylation sites is 1. The van der Waals surface area contributed by atoms with E-state index in [9.17, 15) is 41.0 Å². The van der Waals surface area contributed by atoms with Gasteiger partial charge in [0.05, 0.1) is 11.1 Å². The topological polar surface area (TPSA) is 73.4 Å². The number of aromatic nitrogens is 1. The molecule has 3 rings (SSSR count). The van der Waals surface area contributed by atoms with Gasteiger partial charge in [-0.2, -0.15) is 26.3 Å². The lowest BCUT2D eigenvalue weighted by molar-refractivity contribution is -0.150. The van der Waals surface area contributed by atoms with Crippen molar-refractivity contribution in [2.75, 3.05) is 0 Å². The third-order valence-electron chi connectivity index (χ3n) is 5.15. The van der Waals surface area contributed by atoms with E-state index in [0.29, 0.717) is 28.6 Å². The predicted molar refractivity (Wildman–Crippen MR) is 106 cm³/mol. The van der Waals surface area contributed by atoms with Gasteiger partial charge in [-0.1, -0.05) is 18.2 Å². The van der Waals surface area contributed by atoms with Gasteiger partial charge in [-0.25, -0.2) is 4.79 Å². The number of aliphatic carboxylic acids is 1. The number of fused-ring (bicyclic) bond motifs is 1. The van der Waals surface area contributed by atoms with Crippen LogP contribution in [-0.2, 0) is 34.9 Å². The Morgan fingerprint density at radius 3 is 2.09 bits per heavy atom. The molecule has 5 nitrogen and oxygen atoms in total. The normalized spacial score (nSPS) is 13.2. The average Bonchev–Trinajstić information content (AvgIpc) is 3.11. The van der Waals surface area contributed by atoms with E-state index in [-0.39, 0.29) is 12.5 Å². The summed E-state index contributed by atoms with van der Waals surface area (Å²) >= 11 is 0. The Hall–Kier alpha value is -3.50. The van der Waals surface area contributed by atoms with E-state index < -0.39 is 53.5 Å². The number of aromatic amines is 1. The largest absolute Gasteiger partial charge is 0.480 e. The molecule has 0 saturated carbocycles. The van der Waals surface area contributed by atoms with E-state index in [0.717, 1.165) is 11.8 Å². The third kappa shape index (κ3) is 5.47. The van der Waals surface area contributed by atoms with Gasteiger partial charge in [0, 0.05) is 37.0 Å². The van der Waals surface area contributed by atoms with Crippen molar-refractivity contribution in [2.24, 2.45) is 0 Å². The Morgan fingerprint density at radius 1 is 1.00 bits per heavy atom. The van der Waals surface area contributed by atoms with E-state index in [4.69, 9.17) is 0 Å². The number of amides is 1. The van der Waals surface area contributed by atoms with Crippen LogP contribution in [0.2, 0.25) is 0 Å².